The van der Waals surface area contributed by atoms with Gasteiger partial charge in [-0.2, -0.15) is 0 Å². The Kier molecular flexibility index (Phi) is 2.92. The van der Waals surface area contributed by atoms with E-state index in [4.69, 9.17) is 4.74 Å². The normalized spacial score (nSPS) is 17.9. The third-order valence-corrected chi connectivity index (χ3v) is 3.13. The van der Waals surface area contributed by atoms with Crippen LogP contribution in [0.3, 0.4) is 0 Å². The predicted molar refractivity (Wildman–Crippen MR) is 61.1 cm³/mol. The summed E-state index contributed by atoms with van der Waals surface area (Å²) in [5.74, 6) is -0.385. The Balaban J connectivity index is 2.48. The molecule has 1 N–H and O–H groups in total. The van der Waals surface area contributed by atoms with Crippen LogP contribution in [0.2, 0.25) is 0 Å². The minimum absolute atomic E-state index is 0.00856. The smallest absolute Gasteiger partial charge is 0.329 e. The lowest BCUT2D eigenvalue weighted by Crippen LogP contribution is -2.28. The summed E-state index contributed by atoms with van der Waals surface area (Å²) in [7, 11) is 0. The fraction of sp³-hybridized carbons (Fsp3) is 0.500. The number of carbonyl (C=O) groups excluding carboxylic acids is 1. The van der Waals surface area contributed by atoms with E-state index in [-0.39, 0.29) is 17.3 Å². The van der Waals surface area contributed by atoms with Crippen LogP contribution in [0, 0.1) is 6.92 Å². The zero-order valence-electron chi connectivity index (χ0n) is 9.90. The molecule has 5 nitrogen and oxygen atoms in total. The molecule has 1 aliphatic heterocycles. The van der Waals surface area contributed by atoms with E-state index < -0.39 is 6.04 Å². The molecule has 0 saturated heterocycles. The van der Waals surface area contributed by atoms with E-state index in [0.29, 0.717) is 25.0 Å². The number of aromatic nitrogens is 1. The molecule has 2 rings (SSSR count). The number of aromatic hydroxyl groups is 1. The standard InChI is InChI=1S/C12H15NO4/c1-3-17-12(16)9-5-4-8-7(2)10(14)6-11(15)13(8)9/h6,9,14H,3-5H2,1-2H3. The van der Waals surface area contributed by atoms with Gasteiger partial charge in [-0.05, 0) is 26.7 Å². The maximum absolute atomic E-state index is 11.8. The molecule has 0 aliphatic carbocycles. The highest BCUT2D eigenvalue weighted by molar-refractivity contribution is 5.75. The molecular formula is C12H15NO4. The first-order valence-electron chi connectivity index (χ1n) is 5.67. The van der Waals surface area contributed by atoms with Crippen molar-refractivity contribution in [3.05, 3.63) is 27.7 Å². The van der Waals surface area contributed by atoms with Crippen molar-refractivity contribution < 1.29 is 14.6 Å². The van der Waals surface area contributed by atoms with E-state index in [1.165, 1.54) is 4.57 Å². The van der Waals surface area contributed by atoms with Crippen LogP contribution in [0.25, 0.3) is 0 Å². The van der Waals surface area contributed by atoms with Crippen molar-refractivity contribution >= 4 is 5.97 Å². The van der Waals surface area contributed by atoms with Gasteiger partial charge in [-0.15, -0.1) is 0 Å². The summed E-state index contributed by atoms with van der Waals surface area (Å²) in [6.07, 6.45) is 1.16. The highest BCUT2D eigenvalue weighted by atomic mass is 16.5. The summed E-state index contributed by atoms with van der Waals surface area (Å²) in [4.78, 5) is 23.5. The third-order valence-electron chi connectivity index (χ3n) is 3.13. The molecule has 1 aliphatic rings. The first-order valence-corrected chi connectivity index (χ1v) is 5.67. The fourth-order valence-corrected chi connectivity index (χ4v) is 2.27. The Labute approximate surface area is 98.6 Å². The van der Waals surface area contributed by atoms with Gasteiger partial charge < -0.3 is 9.84 Å². The van der Waals surface area contributed by atoms with Crippen molar-refractivity contribution in [2.75, 3.05) is 6.61 Å². The van der Waals surface area contributed by atoms with Crippen LogP contribution in [0.5, 0.6) is 5.75 Å². The number of carbonyl (C=O) groups is 1. The zero-order valence-corrected chi connectivity index (χ0v) is 9.90. The van der Waals surface area contributed by atoms with E-state index >= 15 is 0 Å². The second-order valence-electron chi connectivity index (χ2n) is 4.12. The average molecular weight is 237 g/mol. The lowest BCUT2D eigenvalue weighted by atomic mass is 10.1. The largest absolute Gasteiger partial charge is 0.507 e. The van der Waals surface area contributed by atoms with Crippen LogP contribution in [-0.2, 0) is 16.0 Å². The van der Waals surface area contributed by atoms with Gasteiger partial charge in [0.25, 0.3) is 5.56 Å². The van der Waals surface area contributed by atoms with Crippen LogP contribution >= 0.6 is 0 Å². The molecule has 2 heterocycles. The number of ether oxygens (including phenoxy) is 1. The van der Waals surface area contributed by atoms with Crippen LogP contribution in [0.15, 0.2) is 10.9 Å². The molecule has 0 fully saturated rings. The van der Waals surface area contributed by atoms with Crippen LogP contribution in [-0.4, -0.2) is 22.2 Å². The summed E-state index contributed by atoms with van der Waals surface area (Å²) in [5, 5.41) is 9.56. The molecule has 1 unspecified atom stereocenters. The Morgan fingerprint density at radius 1 is 1.65 bits per heavy atom. The van der Waals surface area contributed by atoms with Crippen molar-refractivity contribution in [3.63, 3.8) is 0 Å². The summed E-state index contributed by atoms with van der Waals surface area (Å²) in [6, 6.07) is 0.605. The number of hydrogen-bond donors (Lipinski definition) is 1. The summed E-state index contributed by atoms with van der Waals surface area (Å²) in [5.41, 5.74) is 1.04. The third kappa shape index (κ3) is 1.81. The quantitative estimate of drug-likeness (QED) is 0.776. The molecule has 17 heavy (non-hydrogen) atoms. The number of hydrogen-bond acceptors (Lipinski definition) is 4. The topological polar surface area (TPSA) is 68.5 Å². The average Bonchev–Trinajstić information content (AvgIpc) is 2.71. The van der Waals surface area contributed by atoms with E-state index in [1.54, 1.807) is 13.8 Å². The SMILES string of the molecule is CCOC(=O)C1CCc2c(C)c(O)cc(=O)n21. The van der Waals surface area contributed by atoms with Gasteiger partial charge in [-0.3, -0.25) is 9.36 Å². The molecule has 5 heteroatoms. The maximum atomic E-state index is 11.8. The predicted octanol–water partition coefficient (Wildman–Crippen LogP) is 0.913. The van der Waals surface area contributed by atoms with Crippen LogP contribution in [0.1, 0.15) is 30.6 Å². The molecular weight excluding hydrogens is 222 g/mol. The van der Waals surface area contributed by atoms with E-state index in [0.717, 1.165) is 11.8 Å². The number of esters is 1. The number of rotatable bonds is 2. The highest BCUT2D eigenvalue weighted by Crippen LogP contribution is 2.30. The zero-order chi connectivity index (χ0) is 12.6. The van der Waals surface area contributed by atoms with Gasteiger partial charge >= 0.3 is 5.97 Å². The van der Waals surface area contributed by atoms with Crippen molar-refractivity contribution in [2.24, 2.45) is 0 Å². The Morgan fingerprint density at radius 3 is 3.00 bits per heavy atom. The van der Waals surface area contributed by atoms with Gasteiger partial charge in [-0.1, -0.05) is 0 Å². The fourth-order valence-electron chi connectivity index (χ4n) is 2.27. The molecule has 0 saturated carbocycles. The molecule has 1 aromatic rings. The van der Waals surface area contributed by atoms with Gasteiger partial charge in [0.05, 0.1) is 6.61 Å². The van der Waals surface area contributed by atoms with Gasteiger partial charge in [0.15, 0.2) is 0 Å². The minimum atomic E-state index is -0.545. The van der Waals surface area contributed by atoms with Crippen molar-refractivity contribution in [2.45, 2.75) is 32.7 Å². The molecule has 92 valence electrons. The molecule has 0 spiro atoms. The van der Waals surface area contributed by atoms with Crippen molar-refractivity contribution in [1.29, 1.82) is 0 Å². The van der Waals surface area contributed by atoms with Crippen molar-refractivity contribution in [3.8, 4) is 5.75 Å². The van der Waals surface area contributed by atoms with Crippen LogP contribution < -0.4 is 5.56 Å². The van der Waals surface area contributed by atoms with Gasteiger partial charge in [0.1, 0.15) is 11.8 Å². The second-order valence-corrected chi connectivity index (χ2v) is 4.12. The van der Waals surface area contributed by atoms with Gasteiger partial charge in [0, 0.05) is 17.3 Å². The Morgan fingerprint density at radius 2 is 2.35 bits per heavy atom. The second kappa shape index (κ2) is 4.24. The van der Waals surface area contributed by atoms with Crippen molar-refractivity contribution in [1.82, 2.24) is 4.57 Å². The Hall–Kier alpha value is -1.78. The number of pyridine rings is 1. The molecule has 1 atom stereocenters. The first-order chi connectivity index (χ1) is 8.06. The maximum Gasteiger partial charge on any atom is 0.329 e. The first kappa shape index (κ1) is 11.7. The summed E-state index contributed by atoms with van der Waals surface area (Å²) >= 11 is 0. The number of fused-ring (bicyclic) bond motifs is 1. The number of nitrogens with zero attached hydrogens (tertiary/aromatic N) is 1. The molecule has 0 amide bonds. The summed E-state index contributed by atoms with van der Waals surface area (Å²) in [6.45, 7) is 3.78. The highest BCUT2D eigenvalue weighted by Gasteiger charge is 2.32. The summed E-state index contributed by atoms with van der Waals surface area (Å²) < 4.78 is 6.38. The molecule has 0 bridgehead atoms. The van der Waals surface area contributed by atoms with Gasteiger partial charge in [0.2, 0.25) is 0 Å². The van der Waals surface area contributed by atoms with Crippen LogP contribution in [0.4, 0.5) is 0 Å². The Bertz CT molecular complexity index is 518. The van der Waals surface area contributed by atoms with E-state index in [2.05, 4.69) is 0 Å². The molecule has 0 aromatic carbocycles. The lowest BCUT2D eigenvalue weighted by Gasteiger charge is -2.14. The lowest BCUT2D eigenvalue weighted by molar-refractivity contribution is -0.147. The van der Waals surface area contributed by atoms with E-state index in [9.17, 15) is 14.7 Å². The molecule has 1 aromatic heterocycles. The monoisotopic (exact) mass is 237 g/mol. The minimum Gasteiger partial charge on any atom is -0.507 e. The molecule has 0 radical (unpaired) electrons. The van der Waals surface area contributed by atoms with E-state index in [1.807, 2.05) is 0 Å². The van der Waals surface area contributed by atoms with Gasteiger partial charge in [-0.25, -0.2) is 4.79 Å².